The third-order valence-corrected chi connectivity index (χ3v) is 1.52. The summed E-state index contributed by atoms with van der Waals surface area (Å²) in [6.07, 6.45) is 3.05. The Labute approximate surface area is 63.2 Å². The molecule has 1 unspecified atom stereocenters. The Morgan fingerprint density at radius 3 is 3.00 bits per heavy atom. The standard InChI is InChI=1S/C6H7N5/c7-3-1-4(8)11-6-5(3)9-2-10-6/h1-2,5H,7H2,(H2,8,9,10,11). The number of fused-ring (bicyclic) bond motifs is 1. The number of hydrogen-bond donors (Lipinski definition) is 2. The van der Waals surface area contributed by atoms with E-state index in [-0.39, 0.29) is 6.04 Å². The van der Waals surface area contributed by atoms with Crippen LogP contribution in [0.3, 0.4) is 0 Å². The van der Waals surface area contributed by atoms with E-state index < -0.39 is 0 Å². The molecule has 11 heavy (non-hydrogen) atoms. The molecule has 0 aromatic heterocycles. The number of nitrogens with two attached hydrogens (primary N) is 2. The second kappa shape index (κ2) is 1.91. The lowest BCUT2D eigenvalue weighted by Gasteiger charge is -2.12. The first-order valence-electron chi connectivity index (χ1n) is 3.18. The van der Waals surface area contributed by atoms with Gasteiger partial charge in [-0.2, -0.15) is 0 Å². The third kappa shape index (κ3) is 0.813. The molecule has 2 aliphatic rings. The molecule has 56 valence electrons. The Hall–Kier alpha value is -1.65. The van der Waals surface area contributed by atoms with Crippen LogP contribution < -0.4 is 11.5 Å². The molecular weight excluding hydrogens is 142 g/mol. The van der Waals surface area contributed by atoms with Crippen LogP contribution in [0.25, 0.3) is 0 Å². The Balaban J connectivity index is 2.45. The Morgan fingerprint density at radius 1 is 1.36 bits per heavy atom. The summed E-state index contributed by atoms with van der Waals surface area (Å²) in [7, 11) is 0. The largest absolute Gasteiger partial charge is 0.400 e. The van der Waals surface area contributed by atoms with Gasteiger partial charge in [-0.15, -0.1) is 0 Å². The van der Waals surface area contributed by atoms with E-state index in [1.807, 2.05) is 0 Å². The van der Waals surface area contributed by atoms with Crippen molar-refractivity contribution in [2.45, 2.75) is 6.04 Å². The summed E-state index contributed by atoms with van der Waals surface area (Å²) in [6.45, 7) is 0. The lowest BCUT2D eigenvalue weighted by Crippen LogP contribution is -2.30. The summed E-state index contributed by atoms with van der Waals surface area (Å²) < 4.78 is 0. The normalized spacial score (nSPS) is 27.3. The zero-order valence-corrected chi connectivity index (χ0v) is 5.73. The first-order chi connectivity index (χ1) is 5.27. The van der Waals surface area contributed by atoms with Gasteiger partial charge in [0.15, 0.2) is 11.9 Å². The summed E-state index contributed by atoms with van der Waals surface area (Å²) in [6, 6.07) is -0.192. The van der Waals surface area contributed by atoms with Crippen LogP contribution in [-0.2, 0) is 0 Å². The maximum atomic E-state index is 5.62. The number of hydrogen-bond acceptors (Lipinski definition) is 5. The van der Waals surface area contributed by atoms with Gasteiger partial charge in [-0.25, -0.2) is 9.98 Å². The SMILES string of the molecule is NC1=CC(N)=NC2=NC=NC12. The van der Waals surface area contributed by atoms with Gasteiger partial charge in [-0.05, 0) is 0 Å². The quantitative estimate of drug-likeness (QED) is 0.463. The van der Waals surface area contributed by atoms with E-state index in [0.29, 0.717) is 17.4 Å². The zero-order valence-electron chi connectivity index (χ0n) is 5.73. The van der Waals surface area contributed by atoms with Crippen molar-refractivity contribution >= 4 is 18.0 Å². The van der Waals surface area contributed by atoms with Gasteiger partial charge >= 0.3 is 0 Å². The second-order valence-electron chi connectivity index (χ2n) is 2.34. The molecule has 0 aromatic rings. The minimum atomic E-state index is -0.192. The summed E-state index contributed by atoms with van der Waals surface area (Å²) in [5.41, 5.74) is 11.7. The molecule has 2 aliphatic heterocycles. The van der Waals surface area contributed by atoms with Crippen molar-refractivity contribution in [1.82, 2.24) is 0 Å². The van der Waals surface area contributed by atoms with E-state index in [2.05, 4.69) is 15.0 Å². The Kier molecular flexibility index (Phi) is 1.06. The van der Waals surface area contributed by atoms with Crippen molar-refractivity contribution in [3.63, 3.8) is 0 Å². The van der Waals surface area contributed by atoms with Crippen LogP contribution in [0, 0.1) is 0 Å². The maximum Gasteiger partial charge on any atom is 0.163 e. The minimum Gasteiger partial charge on any atom is -0.400 e. The molecule has 1 atom stereocenters. The van der Waals surface area contributed by atoms with Gasteiger partial charge in [-0.1, -0.05) is 0 Å². The lowest BCUT2D eigenvalue weighted by molar-refractivity contribution is 0.981. The molecule has 0 bridgehead atoms. The topological polar surface area (TPSA) is 89.1 Å². The number of rotatable bonds is 0. The molecule has 2 heterocycles. The predicted molar refractivity (Wildman–Crippen MR) is 43.6 cm³/mol. The Bertz CT molecular complexity index is 309. The summed E-state index contributed by atoms with van der Waals surface area (Å²) in [5.74, 6) is 0.977. The van der Waals surface area contributed by atoms with Crippen molar-refractivity contribution in [2.24, 2.45) is 26.4 Å². The fourth-order valence-electron chi connectivity index (χ4n) is 1.04. The highest BCUT2D eigenvalue weighted by molar-refractivity contribution is 6.11. The molecule has 0 aliphatic carbocycles. The highest BCUT2D eigenvalue weighted by atomic mass is 15.1. The highest BCUT2D eigenvalue weighted by Gasteiger charge is 2.23. The van der Waals surface area contributed by atoms with E-state index in [1.54, 1.807) is 6.08 Å². The molecule has 0 saturated carbocycles. The van der Waals surface area contributed by atoms with Crippen molar-refractivity contribution in [3.8, 4) is 0 Å². The van der Waals surface area contributed by atoms with Gasteiger partial charge in [0, 0.05) is 11.8 Å². The van der Waals surface area contributed by atoms with Crippen LogP contribution in [0.15, 0.2) is 26.8 Å². The van der Waals surface area contributed by atoms with Crippen molar-refractivity contribution in [2.75, 3.05) is 0 Å². The first kappa shape index (κ1) is 6.09. The fourth-order valence-corrected chi connectivity index (χ4v) is 1.04. The number of dihydropyridines is 1. The summed E-state index contributed by atoms with van der Waals surface area (Å²) in [5, 5.41) is 0. The molecule has 0 aromatic carbocycles. The van der Waals surface area contributed by atoms with Crippen LogP contribution in [0.5, 0.6) is 0 Å². The van der Waals surface area contributed by atoms with E-state index >= 15 is 0 Å². The maximum absolute atomic E-state index is 5.62. The van der Waals surface area contributed by atoms with Crippen LogP contribution in [-0.4, -0.2) is 24.1 Å². The van der Waals surface area contributed by atoms with Gasteiger partial charge in [0.25, 0.3) is 0 Å². The lowest BCUT2D eigenvalue weighted by atomic mass is 10.1. The van der Waals surface area contributed by atoms with E-state index in [0.717, 1.165) is 0 Å². The Morgan fingerprint density at radius 2 is 2.18 bits per heavy atom. The van der Waals surface area contributed by atoms with Crippen molar-refractivity contribution < 1.29 is 0 Å². The first-order valence-corrected chi connectivity index (χ1v) is 3.18. The number of nitrogens with zero attached hydrogens (tertiary/aromatic N) is 3. The molecule has 4 N–H and O–H groups in total. The average molecular weight is 149 g/mol. The van der Waals surface area contributed by atoms with Gasteiger partial charge < -0.3 is 11.5 Å². The molecular formula is C6H7N5. The van der Waals surface area contributed by atoms with Crippen LogP contribution in [0.1, 0.15) is 0 Å². The summed E-state index contributed by atoms with van der Waals surface area (Å²) in [4.78, 5) is 11.8. The van der Waals surface area contributed by atoms with Crippen LogP contribution >= 0.6 is 0 Å². The molecule has 0 spiro atoms. The van der Waals surface area contributed by atoms with Gasteiger partial charge in [0.1, 0.15) is 12.2 Å². The third-order valence-electron chi connectivity index (χ3n) is 1.52. The van der Waals surface area contributed by atoms with Crippen molar-refractivity contribution in [1.29, 1.82) is 0 Å². The average Bonchev–Trinajstić information content (AvgIpc) is 2.34. The van der Waals surface area contributed by atoms with Gasteiger partial charge in [0.2, 0.25) is 0 Å². The zero-order chi connectivity index (χ0) is 7.84. The van der Waals surface area contributed by atoms with Gasteiger partial charge in [0.05, 0.1) is 0 Å². The van der Waals surface area contributed by atoms with Crippen LogP contribution in [0.4, 0.5) is 0 Å². The highest BCUT2D eigenvalue weighted by Crippen LogP contribution is 2.12. The fraction of sp³-hybridized carbons (Fsp3) is 0.167. The van der Waals surface area contributed by atoms with E-state index in [4.69, 9.17) is 11.5 Å². The predicted octanol–water partition coefficient (Wildman–Crippen LogP) is -0.991. The smallest absolute Gasteiger partial charge is 0.163 e. The summed E-state index contributed by atoms with van der Waals surface area (Å²) >= 11 is 0. The molecule has 0 fully saturated rings. The second-order valence-corrected chi connectivity index (χ2v) is 2.34. The number of amidine groups is 2. The molecule has 0 radical (unpaired) electrons. The van der Waals surface area contributed by atoms with Crippen LogP contribution in [0.2, 0.25) is 0 Å². The van der Waals surface area contributed by atoms with E-state index in [1.165, 1.54) is 6.34 Å². The molecule has 2 rings (SSSR count). The minimum absolute atomic E-state index is 0.192. The molecule has 0 amide bonds. The molecule has 5 heteroatoms. The molecule has 5 nitrogen and oxygen atoms in total. The number of aliphatic imine (C=N–C) groups is 3. The molecule has 0 saturated heterocycles. The monoisotopic (exact) mass is 149 g/mol. The van der Waals surface area contributed by atoms with E-state index in [9.17, 15) is 0 Å². The van der Waals surface area contributed by atoms with Gasteiger partial charge in [-0.3, -0.25) is 4.99 Å². The van der Waals surface area contributed by atoms with Crippen molar-refractivity contribution in [3.05, 3.63) is 11.8 Å².